The lowest BCUT2D eigenvalue weighted by Crippen LogP contribution is -2.23. The van der Waals surface area contributed by atoms with E-state index >= 15 is 0 Å². The molecule has 1 unspecified atom stereocenters. The van der Waals surface area contributed by atoms with Crippen molar-refractivity contribution in [3.63, 3.8) is 0 Å². The predicted octanol–water partition coefficient (Wildman–Crippen LogP) is 2.40. The quantitative estimate of drug-likeness (QED) is 0.744. The lowest BCUT2D eigenvalue weighted by atomic mass is 10.0. The van der Waals surface area contributed by atoms with E-state index in [1.165, 1.54) is 11.1 Å². The van der Waals surface area contributed by atoms with E-state index in [1.54, 1.807) is 0 Å². The number of rotatable bonds is 4. The molecule has 0 bridgehead atoms. The molecule has 1 N–H and O–H groups in total. The van der Waals surface area contributed by atoms with Crippen LogP contribution in [0.4, 0.5) is 0 Å². The molecule has 0 spiro atoms. The highest BCUT2D eigenvalue weighted by Gasteiger charge is 1.99. The molecule has 0 aliphatic rings. The number of likely N-dealkylation sites (N-methyl/N-ethyl adjacent to an activating group) is 1. The molecule has 1 rings (SSSR count). The fourth-order valence-electron chi connectivity index (χ4n) is 1.37. The summed E-state index contributed by atoms with van der Waals surface area (Å²) in [5.74, 6) is 0. The van der Waals surface area contributed by atoms with Gasteiger partial charge in [-0.15, -0.1) is 0 Å². The van der Waals surface area contributed by atoms with Crippen LogP contribution in [0.1, 0.15) is 25.0 Å². The Bertz CT molecular complexity index is 238. The van der Waals surface area contributed by atoms with Gasteiger partial charge in [-0.05, 0) is 37.9 Å². The molecule has 0 aromatic heterocycles. The molecule has 1 aromatic rings. The highest BCUT2D eigenvalue weighted by molar-refractivity contribution is 5.23. The van der Waals surface area contributed by atoms with Crippen LogP contribution in [-0.4, -0.2) is 13.1 Å². The highest BCUT2D eigenvalue weighted by Crippen LogP contribution is 2.07. The van der Waals surface area contributed by atoms with Crippen molar-refractivity contribution in [1.29, 1.82) is 0 Å². The molecule has 0 saturated carbocycles. The maximum absolute atomic E-state index is 3.24. The van der Waals surface area contributed by atoms with Gasteiger partial charge in [0.2, 0.25) is 0 Å². The standard InChI is InChI=1S/C12H19N/c1-4-11-5-7-12(8-6-11)9-10(2)13-3/h5-8,10,13H,4,9H2,1-3H3. The molecule has 1 atom stereocenters. The number of hydrogen-bond acceptors (Lipinski definition) is 1. The SMILES string of the molecule is CCc1ccc(CC(C)NC)cc1. The molecule has 1 heteroatoms. The first-order chi connectivity index (χ1) is 6.26. The van der Waals surface area contributed by atoms with Crippen LogP contribution in [0, 0.1) is 0 Å². The normalized spacial score (nSPS) is 12.8. The van der Waals surface area contributed by atoms with Crippen molar-refractivity contribution in [2.45, 2.75) is 32.7 Å². The molecular formula is C12H19N. The van der Waals surface area contributed by atoms with Gasteiger partial charge in [0.25, 0.3) is 0 Å². The Morgan fingerprint density at radius 3 is 2.15 bits per heavy atom. The highest BCUT2D eigenvalue weighted by atomic mass is 14.8. The van der Waals surface area contributed by atoms with Gasteiger partial charge in [0.05, 0.1) is 0 Å². The van der Waals surface area contributed by atoms with Gasteiger partial charge >= 0.3 is 0 Å². The molecule has 1 aromatic carbocycles. The zero-order valence-electron chi connectivity index (χ0n) is 8.80. The third kappa shape index (κ3) is 3.19. The third-order valence-corrected chi connectivity index (χ3v) is 2.47. The average Bonchev–Trinajstić information content (AvgIpc) is 2.19. The van der Waals surface area contributed by atoms with Crippen LogP contribution in [0.25, 0.3) is 0 Å². The molecule has 0 heterocycles. The minimum atomic E-state index is 0.562. The van der Waals surface area contributed by atoms with E-state index in [0.29, 0.717) is 6.04 Å². The summed E-state index contributed by atoms with van der Waals surface area (Å²) in [5.41, 5.74) is 2.83. The Balaban J connectivity index is 2.58. The Morgan fingerprint density at radius 1 is 1.15 bits per heavy atom. The van der Waals surface area contributed by atoms with Crippen LogP contribution in [0.2, 0.25) is 0 Å². The van der Waals surface area contributed by atoms with Gasteiger partial charge in [-0.25, -0.2) is 0 Å². The first kappa shape index (κ1) is 10.3. The molecule has 0 aliphatic carbocycles. The minimum Gasteiger partial charge on any atom is -0.317 e. The second kappa shape index (κ2) is 5.03. The van der Waals surface area contributed by atoms with Crippen molar-refractivity contribution >= 4 is 0 Å². The van der Waals surface area contributed by atoms with E-state index in [9.17, 15) is 0 Å². The van der Waals surface area contributed by atoms with E-state index in [0.717, 1.165) is 12.8 Å². The van der Waals surface area contributed by atoms with Gasteiger partial charge in [-0.3, -0.25) is 0 Å². The fourth-order valence-corrected chi connectivity index (χ4v) is 1.37. The molecule has 0 amide bonds. The van der Waals surface area contributed by atoms with Crippen LogP contribution >= 0.6 is 0 Å². The smallest absolute Gasteiger partial charge is 0.00761 e. The Hall–Kier alpha value is -0.820. The molecule has 0 aliphatic heterocycles. The number of benzene rings is 1. The van der Waals surface area contributed by atoms with Crippen molar-refractivity contribution in [1.82, 2.24) is 5.32 Å². The van der Waals surface area contributed by atoms with E-state index in [4.69, 9.17) is 0 Å². The predicted molar refractivity (Wildman–Crippen MR) is 58.0 cm³/mol. The van der Waals surface area contributed by atoms with Crippen molar-refractivity contribution < 1.29 is 0 Å². The zero-order chi connectivity index (χ0) is 9.68. The van der Waals surface area contributed by atoms with Gasteiger partial charge in [0, 0.05) is 6.04 Å². The maximum Gasteiger partial charge on any atom is 0.00761 e. The summed E-state index contributed by atoms with van der Waals surface area (Å²) in [6, 6.07) is 9.46. The maximum atomic E-state index is 3.24. The monoisotopic (exact) mass is 177 g/mol. The average molecular weight is 177 g/mol. The van der Waals surface area contributed by atoms with Crippen molar-refractivity contribution in [2.75, 3.05) is 7.05 Å². The first-order valence-corrected chi connectivity index (χ1v) is 5.01. The van der Waals surface area contributed by atoms with Gasteiger partial charge < -0.3 is 5.32 Å². The fraction of sp³-hybridized carbons (Fsp3) is 0.500. The van der Waals surface area contributed by atoms with Crippen molar-refractivity contribution in [2.24, 2.45) is 0 Å². The molecule has 0 radical (unpaired) electrons. The van der Waals surface area contributed by atoms with Gasteiger partial charge in [0.15, 0.2) is 0 Å². The summed E-state index contributed by atoms with van der Waals surface area (Å²) < 4.78 is 0. The second-order valence-corrected chi connectivity index (χ2v) is 3.56. The summed E-state index contributed by atoms with van der Waals surface area (Å²) in [7, 11) is 2.01. The second-order valence-electron chi connectivity index (χ2n) is 3.56. The van der Waals surface area contributed by atoms with Crippen LogP contribution in [0.3, 0.4) is 0 Å². The molecule has 13 heavy (non-hydrogen) atoms. The molecule has 1 nitrogen and oxygen atoms in total. The Labute approximate surface area is 81.2 Å². The number of hydrogen-bond donors (Lipinski definition) is 1. The van der Waals surface area contributed by atoms with Gasteiger partial charge in [-0.2, -0.15) is 0 Å². The molecular weight excluding hydrogens is 158 g/mol. The Kier molecular flexibility index (Phi) is 3.97. The molecule has 0 saturated heterocycles. The van der Waals surface area contributed by atoms with E-state index in [1.807, 2.05) is 7.05 Å². The summed E-state index contributed by atoms with van der Waals surface area (Å²) in [4.78, 5) is 0. The Morgan fingerprint density at radius 2 is 1.69 bits per heavy atom. The zero-order valence-corrected chi connectivity index (χ0v) is 8.80. The van der Waals surface area contributed by atoms with E-state index < -0.39 is 0 Å². The third-order valence-electron chi connectivity index (χ3n) is 2.47. The molecule has 72 valence electrons. The summed E-state index contributed by atoms with van der Waals surface area (Å²) in [6.07, 6.45) is 2.24. The summed E-state index contributed by atoms with van der Waals surface area (Å²) >= 11 is 0. The van der Waals surface area contributed by atoms with E-state index in [2.05, 4.69) is 43.4 Å². The lowest BCUT2D eigenvalue weighted by molar-refractivity contribution is 0.608. The van der Waals surface area contributed by atoms with Crippen LogP contribution in [0.15, 0.2) is 24.3 Å². The lowest BCUT2D eigenvalue weighted by Gasteiger charge is -2.09. The van der Waals surface area contributed by atoms with Gasteiger partial charge in [0.1, 0.15) is 0 Å². The van der Waals surface area contributed by atoms with Gasteiger partial charge in [-0.1, -0.05) is 31.2 Å². The first-order valence-electron chi connectivity index (χ1n) is 5.01. The number of nitrogens with one attached hydrogen (secondary N) is 1. The van der Waals surface area contributed by atoms with Crippen LogP contribution in [0.5, 0.6) is 0 Å². The summed E-state index contributed by atoms with van der Waals surface area (Å²) in [5, 5.41) is 3.24. The topological polar surface area (TPSA) is 12.0 Å². The van der Waals surface area contributed by atoms with Crippen molar-refractivity contribution in [3.05, 3.63) is 35.4 Å². The van der Waals surface area contributed by atoms with Crippen LogP contribution < -0.4 is 5.32 Å². The van der Waals surface area contributed by atoms with Crippen LogP contribution in [-0.2, 0) is 12.8 Å². The van der Waals surface area contributed by atoms with E-state index in [-0.39, 0.29) is 0 Å². The minimum absolute atomic E-state index is 0.562. The van der Waals surface area contributed by atoms with Crippen molar-refractivity contribution in [3.8, 4) is 0 Å². The number of aryl methyl sites for hydroxylation is 1. The summed E-state index contributed by atoms with van der Waals surface area (Å²) in [6.45, 7) is 4.39. The largest absolute Gasteiger partial charge is 0.317 e. The molecule has 0 fully saturated rings.